The third kappa shape index (κ3) is 3.84. The largest absolute Gasteiger partial charge is 0.468 e. The molecule has 1 N–H and O–H groups in total. The second-order valence-corrected chi connectivity index (χ2v) is 3.70. The lowest BCUT2D eigenvalue weighted by atomic mass is 9.98. The van der Waals surface area contributed by atoms with Crippen LogP contribution in [0, 0.1) is 0 Å². The van der Waals surface area contributed by atoms with Crippen molar-refractivity contribution in [3.05, 3.63) is 30.1 Å². The number of pyridine rings is 1. The Hall–Kier alpha value is -0.840. The number of rotatable bonds is 2. The summed E-state index contributed by atoms with van der Waals surface area (Å²) in [6.07, 6.45) is 4.40. The van der Waals surface area contributed by atoms with Crippen molar-refractivity contribution in [2.45, 2.75) is 18.4 Å². The molecule has 2 atom stereocenters. The Labute approximate surface area is 113 Å². The Balaban J connectivity index is 0.00000128. The van der Waals surface area contributed by atoms with Gasteiger partial charge in [-0.25, -0.2) is 0 Å². The van der Waals surface area contributed by atoms with E-state index < -0.39 is 0 Å². The molecule has 0 bridgehead atoms. The van der Waals surface area contributed by atoms with Crippen LogP contribution in [0.15, 0.2) is 24.5 Å². The Kier molecular flexibility index (Phi) is 7.11. The molecule has 6 heteroatoms. The van der Waals surface area contributed by atoms with Crippen LogP contribution < -0.4 is 5.32 Å². The summed E-state index contributed by atoms with van der Waals surface area (Å²) in [4.78, 5) is 15.4. The van der Waals surface area contributed by atoms with Crippen molar-refractivity contribution in [2.75, 3.05) is 13.7 Å². The summed E-state index contributed by atoms with van der Waals surface area (Å²) < 4.78 is 4.70. The number of methoxy groups -OCH3 is 1. The monoisotopic (exact) mass is 278 g/mol. The van der Waals surface area contributed by atoms with Crippen molar-refractivity contribution in [2.24, 2.45) is 0 Å². The third-order valence-electron chi connectivity index (χ3n) is 2.77. The first-order valence-electron chi connectivity index (χ1n) is 5.02. The highest BCUT2D eigenvalue weighted by Gasteiger charge is 2.30. The summed E-state index contributed by atoms with van der Waals surface area (Å²) in [5, 5.41) is 3.15. The van der Waals surface area contributed by atoms with Gasteiger partial charge in [-0.05, 0) is 24.0 Å². The molecule has 0 amide bonds. The van der Waals surface area contributed by atoms with Crippen LogP contribution in [0.5, 0.6) is 0 Å². The maximum absolute atomic E-state index is 11.3. The molecule has 0 aromatic carbocycles. The lowest BCUT2D eigenvalue weighted by Crippen LogP contribution is -2.31. The van der Waals surface area contributed by atoms with Crippen molar-refractivity contribution in [3.63, 3.8) is 0 Å². The summed E-state index contributed by atoms with van der Waals surface area (Å²) in [6, 6.07) is 3.79. The first kappa shape index (κ1) is 16.2. The van der Waals surface area contributed by atoms with Gasteiger partial charge in [0, 0.05) is 18.9 Å². The molecule has 1 aromatic rings. The van der Waals surface area contributed by atoms with Crippen LogP contribution in [0.4, 0.5) is 0 Å². The van der Waals surface area contributed by atoms with Crippen LogP contribution in [0.1, 0.15) is 17.9 Å². The molecule has 1 aliphatic heterocycles. The lowest BCUT2D eigenvalue weighted by Gasteiger charge is -2.08. The topological polar surface area (TPSA) is 51.2 Å². The summed E-state index contributed by atoms with van der Waals surface area (Å²) in [6.45, 7) is 0.811. The molecule has 1 aliphatic rings. The van der Waals surface area contributed by atoms with Gasteiger partial charge < -0.3 is 10.1 Å². The van der Waals surface area contributed by atoms with Crippen LogP contribution >= 0.6 is 24.8 Å². The summed E-state index contributed by atoms with van der Waals surface area (Å²) in [5.41, 5.74) is 1.18. The Morgan fingerprint density at radius 2 is 2.29 bits per heavy atom. The number of carbonyl (C=O) groups is 1. The second kappa shape index (κ2) is 7.48. The average molecular weight is 279 g/mol. The SMILES string of the molecule is COC(=O)[C@@H]1CC(c2cccnc2)CN1.Cl.Cl. The van der Waals surface area contributed by atoms with Gasteiger partial charge in [0.25, 0.3) is 0 Å². The summed E-state index contributed by atoms with van der Waals surface area (Å²) in [7, 11) is 1.42. The molecule has 2 heterocycles. The van der Waals surface area contributed by atoms with Gasteiger partial charge >= 0.3 is 5.97 Å². The Bertz CT molecular complexity index is 349. The maximum atomic E-state index is 11.3. The normalized spacial score (nSPS) is 22.2. The average Bonchev–Trinajstić information content (AvgIpc) is 2.78. The van der Waals surface area contributed by atoms with E-state index in [4.69, 9.17) is 4.74 Å². The van der Waals surface area contributed by atoms with Gasteiger partial charge in [0.15, 0.2) is 0 Å². The summed E-state index contributed by atoms with van der Waals surface area (Å²) in [5.74, 6) is 0.184. The summed E-state index contributed by atoms with van der Waals surface area (Å²) >= 11 is 0. The minimum Gasteiger partial charge on any atom is -0.468 e. The van der Waals surface area contributed by atoms with E-state index in [-0.39, 0.29) is 36.8 Å². The van der Waals surface area contributed by atoms with Gasteiger partial charge in [0.2, 0.25) is 0 Å². The quantitative estimate of drug-likeness (QED) is 0.834. The van der Waals surface area contributed by atoms with E-state index in [1.54, 1.807) is 6.20 Å². The predicted molar refractivity (Wildman–Crippen MR) is 69.9 cm³/mol. The number of nitrogens with zero attached hydrogens (tertiary/aromatic N) is 1. The molecule has 0 saturated carbocycles. The Morgan fingerprint density at radius 3 is 2.88 bits per heavy atom. The fourth-order valence-electron chi connectivity index (χ4n) is 1.93. The molecule has 2 rings (SSSR count). The standard InChI is InChI=1S/C11H14N2O2.2ClH/c1-15-11(14)10-5-9(7-13-10)8-3-2-4-12-6-8;;/h2-4,6,9-10,13H,5,7H2,1H3;2*1H/t9?,10-;;/m0../s1. The molecule has 1 unspecified atom stereocenters. The van der Waals surface area contributed by atoms with Gasteiger partial charge in [-0.15, -0.1) is 24.8 Å². The highest BCUT2D eigenvalue weighted by atomic mass is 35.5. The fourth-order valence-corrected chi connectivity index (χ4v) is 1.93. The second-order valence-electron chi connectivity index (χ2n) is 3.70. The van der Waals surface area contributed by atoms with Crippen molar-refractivity contribution in [3.8, 4) is 0 Å². The van der Waals surface area contributed by atoms with E-state index in [0.717, 1.165) is 13.0 Å². The van der Waals surface area contributed by atoms with Crippen LogP contribution in [0.2, 0.25) is 0 Å². The van der Waals surface area contributed by atoms with Crippen molar-refractivity contribution < 1.29 is 9.53 Å². The minimum atomic E-state index is -0.179. The first-order valence-corrected chi connectivity index (χ1v) is 5.02. The predicted octanol–water partition coefficient (Wildman–Crippen LogP) is 1.54. The minimum absolute atomic E-state index is 0. The number of hydrogen-bond donors (Lipinski definition) is 1. The number of halogens is 2. The number of aromatic nitrogens is 1. The number of hydrogen-bond acceptors (Lipinski definition) is 4. The van der Waals surface area contributed by atoms with E-state index in [1.807, 2.05) is 18.3 Å². The van der Waals surface area contributed by atoms with Crippen LogP contribution in [-0.2, 0) is 9.53 Å². The molecule has 96 valence electrons. The number of nitrogens with one attached hydrogen (secondary N) is 1. The molecule has 1 saturated heterocycles. The van der Waals surface area contributed by atoms with E-state index in [1.165, 1.54) is 12.7 Å². The number of esters is 1. The van der Waals surface area contributed by atoms with Crippen molar-refractivity contribution >= 4 is 30.8 Å². The van der Waals surface area contributed by atoms with Crippen molar-refractivity contribution in [1.29, 1.82) is 0 Å². The molecular weight excluding hydrogens is 263 g/mol. The fraction of sp³-hybridized carbons (Fsp3) is 0.455. The van der Waals surface area contributed by atoms with Gasteiger partial charge in [-0.2, -0.15) is 0 Å². The number of carbonyl (C=O) groups excluding carboxylic acids is 1. The zero-order valence-electron chi connectivity index (χ0n) is 9.46. The highest BCUT2D eigenvalue weighted by Crippen LogP contribution is 2.25. The van der Waals surface area contributed by atoms with Crippen molar-refractivity contribution in [1.82, 2.24) is 10.3 Å². The third-order valence-corrected chi connectivity index (χ3v) is 2.77. The van der Waals surface area contributed by atoms with E-state index >= 15 is 0 Å². The lowest BCUT2D eigenvalue weighted by molar-refractivity contribution is -0.142. The molecule has 1 aromatic heterocycles. The molecule has 0 spiro atoms. The first-order chi connectivity index (χ1) is 7.31. The van der Waals surface area contributed by atoms with Crippen LogP contribution in [0.25, 0.3) is 0 Å². The molecule has 1 fully saturated rings. The van der Waals surface area contributed by atoms with Crippen LogP contribution in [-0.4, -0.2) is 30.6 Å². The molecular formula is C11H16Cl2N2O2. The van der Waals surface area contributed by atoms with Crippen LogP contribution in [0.3, 0.4) is 0 Å². The van der Waals surface area contributed by atoms with Gasteiger partial charge in [-0.1, -0.05) is 6.07 Å². The van der Waals surface area contributed by atoms with E-state index in [0.29, 0.717) is 5.92 Å². The van der Waals surface area contributed by atoms with E-state index in [2.05, 4.69) is 10.3 Å². The zero-order valence-corrected chi connectivity index (χ0v) is 11.1. The smallest absolute Gasteiger partial charge is 0.322 e. The maximum Gasteiger partial charge on any atom is 0.322 e. The highest BCUT2D eigenvalue weighted by molar-refractivity contribution is 5.85. The molecule has 0 radical (unpaired) electrons. The molecule has 17 heavy (non-hydrogen) atoms. The zero-order chi connectivity index (χ0) is 10.7. The van der Waals surface area contributed by atoms with Gasteiger partial charge in [-0.3, -0.25) is 9.78 Å². The molecule has 0 aliphatic carbocycles. The van der Waals surface area contributed by atoms with Gasteiger partial charge in [0.1, 0.15) is 6.04 Å². The Morgan fingerprint density at radius 1 is 1.53 bits per heavy atom. The van der Waals surface area contributed by atoms with Gasteiger partial charge in [0.05, 0.1) is 7.11 Å². The number of ether oxygens (including phenoxy) is 1. The molecule has 4 nitrogen and oxygen atoms in total. The van der Waals surface area contributed by atoms with E-state index in [9.17, 15) is 4.79 Å².